The van der Waals surface area contributed by atoms with E-state index in [1.54, 1.807) is 6.92 Å². The van der Waals surface area contributed by atoms with Crippen LogP contribution in [0.5, 0.6) is 0 Å². The van der Waals surface area contributed by atoms with Gasteiger partial charge >= 0.3 is 12.1 Å². The molecule has 94 valence electrons. The summed E-state index contributed by atoms with van der Waals surface area (Å²) >= 11 is 0. The summed E-state index contributed by atoms with van der Waals surface area (Å²) in [4.78, 5) is 10.8. The molecule has 0 heterocycles. The first-order chi connectivity index (χ1) is 7.84. The first-order valence-corrected chi connectivity index (χ1v) is 5.19. The van der Waals surface area contributed by atoms with Crippen LogP contribution < -0.4 is 0 Å². The third kappa shape index (κ3) is 3.76. The van der Waals surface area contributed by atoms with Crippen LogP contribution in [-0.2, 0) is 15.7 Å². The maximum Gasteiger partial charge on any atom is 0.416 e. The smallest absolute Gasteiger partial charge is 0.416 e. The second kappa shape index (κ2) is 5.21. The van der Waals surface area contributed by atoms with Gasteiger partial charge in [-0.05, 0) is 24.1 Å². The Morgan fingerprint density at radius 1 is 1.29 bits per heavy atom. The summed E-state index contributed by atoms with van der Waals surface area (Å²) in [5.74, 6) is -0.447. The van der Waals surface area contributed by atoms with Crippen LogP contribution in [0, 0.1) is 0 Å². The Morgan fingerprint density at radius 3 is 2.18 bits per heavy atom. The van der Waals surface area contributed by atoms with Crippen LogP contribution in [0.4, 0.5) is 13.2 Å². The zero-order valence-electron chi connectivity index (χ0n) is 9.54. The maximum atomic E-state index is 12.3. The lowest BCUT2D eigenvalue weighted by Crippen LogP contribution is -2.09. The topological polar surface area (TPSA) is 26.3 Å². The molecule has 1 aromatic carbocycles. The first kappa shape index (κ1) is 13.5. The monoisotopic (exact) mass is 246 g/mol. The predicted molar refractivity (Wildman–Crippen MR) is 56.2 cm³/mol. The lowest BCUT2D eigenvalue weighted by molar-refractivity contribution is -0.147. The summed E-state index contributed by atoms with van der Waals surface area (Å²) in [6, 6.07) is 4.64. The highest BCUT2D eigenvalue weighted by molar-refractivity contribution is 5.66. The highest BCUT2D eigenvalue weighted by Gasteiger charge is 2.30. The molecule has 1 rings (SSSR count). The summed E-state index contributed by atoms with van der Waals surface area (Å²) in [5.41, 5.74) is -0.144. The van der Waals surface area contributed by atoms with Crippen LogP contribution in [0.15, 0.2) is 24.3 Å². The van der Waals surface area contributed by atoms with Crippen molar-refractivity contribution in [3.05, 3.63) is 35.4 Å². The van der Waals surface area contributed by atoms with E-state index >= 15 is 0 Å². The Morgan fingerprint density at radius 2 is 1.82 bits per heavy atom. The van der Waals surface area contributed by atoms with Crippen molar-refractivity contribution in [3.8, 4) is 0 Å². The average molecular weight is 246 g/mol. The van der Waals surface area contributed by atoms with Gasteiger partial charge in [0.05, 0.1) is 5.56 Å². The molecule has 2 nitrogen and oxygen atoms in total. The summed E-state index contributed by atoms with van der Waals surface area (Å²) in [6.45, 7) is 3.07. The van der Waals surface area contributed by atoms with Gasteiger partial charge in [0.15, 0.2) is 0 Å². The Kier molecular flexibility index (Phi) is 4.15. The number of benzene rings is 1. The first-order valence-electron chi connectivity index (χ1n) is 5.19. The van der Waals surface area contributed by atoms with Gasteiger partial charge in [0, 0.05) is 6.92 Å². The second-order valence-corrected chi connectivity index (χ2v) is 3.63. The summed E-state index contributed by atoms with van der Waals surface area (Å²) in [7, 11) is 0. The fourth-order valence-electron chi connectivity index (χ4n) is 1.47. The van der Waals surface area contributed by atoms with Crippen molar-refractivity contribution in [3.63, 3.8) is 0 Å². The molecule has 0 aliphatic rings. The Bertz CT molecular complexity index is 382. The number of halogens is 3. The Labute approximate surface area is 97.4 Å². The van der Waals surface area contributed by atoms with E-state index in [9.17, 15) is 18.0 Å². The molecular weight excluding hydrogens is 233 g/mol. The van der Waals surface area contributed by atoms with Crippen molar-refractivity contribution < 1.29 is 22.7 Å². The highest BCUT2D eigenvalue weighted by atomic mass is 19.4. The normalized spacial score (nSPS) is 13.2. The van der Waals surface area contributed by atoms with E-state index in [1.165, 1.54) is 19.1 Å². The molecule has 0 aliphatic carbocycles. The summed E-state index contributed by atoms with van der Waals surface area (Å²) < 4.78 is 42.0. The highest BCUT2D eigenvalue weighted by Crippen LogP contribution is 2.30. The van der Waals surface area contributed by atoms with E-state index in [2.05, 4.69) is 0 Å². The second-order valence-electron chi connectivity index (χ2n) is 3.63. The molecule has 0 spiro atoms. The maximum absolute atomic E-state index is 12.3. The number of alkyl halides is 3. The predicted octanol–water partition coefficient (Wildman–Crippen LogP) is 3.72. The zero-order valence-corrected chi connectivity index (χ0v) is 9.54. The molecule has 17 heavy (non-hydrogen) atoms. The minimum atomic E-state index is -4.35. The van der Waals surface area contributed by atoms with Crippen molar-refractivity contribution >= 4 is 5.97 Å². The molecular formula is C12H13F3O2. The molecule has 0 aliphatic heterocycles. The van der Waals surface area contributed by atoms with Crippen molar-refractivity contribution in [1.29, 1.82) is 0 Å². The fraction of sp³-hybridized carbons (Fsp3) is 0.417. The minimum absolute atomic E-state index is 0.447. The SMILES string of the molecule is CCC(OC(C)=O)c1ccc(C(F)(F)F)cc1. The van der Waals surface area contributed by atoms with Crippen molar-refractivity contribution in [2.45, 2.75) is 32.5 Å². The largest absolute Gasteiger partial charge is 0.458 e. The van der Waals surface area contributed by atoms with Crippen LogP contribution in [0.1, 0.15) is 37.5 Å². The van der Waals surface area contributed by atoms with E-state index in [0.717, 1.165) is 12.1 Å². The van der Waals surface area contributed by atoms with Gasteiger partial charge < -0.3 is 4.74 Å². The van der Waals surface area contributed by atoms with Crippen LogP contribution in [0.25, 0.3) is 0 Å². The van der Waals surface area contributed by atoms with Gasteiger partial charge in [-0.1, -0.05) is 19.1 Å². The number of ether oxygens (including phenoxy) is 1. The molecule has 0 amide bonds. The van der Waals surface area contributed by atoms with Gasteiger partial charge in [0.2, 0.25) is 0 Å². The number of rotatable bonds is 3. The van der Waals surface area contributed by atoms with Gasteiger partial charge in [-0.3, -0.25) is 4.79 Å². The van der Waals surface area contributed by atoms with E-state index < -0.39 is 23.8 Å². The summed E-state index contributed by atoms with van der Waals surface area (Å²) in [6.07, 6.45) is -4.32. The number of hydrogen-bond acceptors (Lipinski definition) is 2. The molecule has 0 aromatic heterocycles. The molecule has 0 bridgehead atoms. The van der Waals surface area contributed by atoms with Crippen molar-refractivity contribution in [2.75, 3.05) is 0 Å². The molecule has 0 N–H and O–H groups in total. The molecule has 0 saturated carbocycles. The Hall–Kier alpha value is -1.52. The van der Waals surface area contributed by atoms with Crippen LogP contribution >= 0.6 is 0 Å². The van der Waals surface area contributed by atoms with Gasteiger partial charge in [-0.2, -0.15) is 13.2 Å². The van der Waals surface area contributed by atoms with Crippen molar-refractivity contribution in [2.24, 2.45) is 0 Å². The Balaban J connectivity index is 2.89. The third-order valence-corrected chi connectivity index (χ3v) is 2.29. The number of carbonyl (C=O) groups excluding carboxylic acids is 1. The average Bonchev–Trinajstić information content (AvgIpc) is 2.24. The minimum Gasteiger partial charge on any atom is -0.458 e. The van der Waals surface area contributed by atoms with Crippen LogP contribution in [0.3, 0.4) is 0 Å². The molecule has 1 unspecified atom stereocenters. The van der Waals surface area contributed by atoms with E-state index in [-0.39, 0.29) is 0 Å². The van der Waals surface area contributed by atoms with E-state index in [4.69, 9.17) is 4.74 Å². The molecule has 1 atom stereocenters. The van der Waals surface area contributed by atoms with E-state index in [1.807, 2.05) is 0 Å². The van der Waals surface area contributed by atoms with Gasteiger partial charge in [0.25, 0.3) is 0 Å². The summed E-state index contributed by atoms with van der Waals surface area (Å²) in [5, 5.41) is 0. The van der Waals surface area contributed by atoms with Crippen molar-refractivity contribution in [1.82, 2.24) is 0 Å². The van der Waals surface area contributed by atoms with E-state index in [0.29, 0.717) is 12.0 Å². The quantitative estimate of drug-likeness (QED) is 0.760. The fourth-order valence-corrected chi connectivity index (χ4v) is 1.47. The lowest BCUT2D eigenvalue weighted by atomic mass is 10.0. The molecule has 1 aromatic rings. The van der Waals surface area contributed by atoms with Gasteiger partial charge in [-0.15, -0.1) is 0 Å². The van der Waals surface area contributed by atoms with Crippen LogP contribution in [0.2, 0.25) is 0 Å². The lowest BCUT2D eigenvalue weighted by Gasteiger charge is -2.16. The molecule has 0 fully saturated rings. The number of esters is 1. The van der Waals surface area contributed by atoms with Crippen LogP contribution in [-0.4, -0.2) is 5.97 Å². The number of carbonyl (C=O) groups is 1. The third-order valence-electron chi connectivity index (χ3n) is 2.29. The molecule has 0 radical (unpaired) electrons. The number of hydrogen-bond donors (Lipinski definition) is 0. The van der Waals surface area contributed by atoms with Gasteiger partial charge in [-0.25, -0.2) is 0 Å². The standard InChI is InChI=1S/C12H13F3O2/c1-3-11(17-8(2)16)9-4-6-10(7-5-9)12(13,14)15/h4-7,11H,3H2,1-2H3. The molecule has 0 saturated heterocycles. The molecule has 5 heteroatoms. The zero-order chi connectivity index (χ0) is 13.1. The van der Waals surface area contributed by atoms with Gasteiger partial charge in [0.1, 0.15) is 6.10 Å².